The van der Waals surface area contributed by atoms with Crippen LogP contribution in [0.2, 0.25) is 5.02 Å². The molecule has 0 N–H and O–H groups in total. The van der Waals surface area contributed by atoms with Gasteiger partial charge in [0.25, 0.3) is 5.78 Å². The van der Waals surface area contributed by atoms with Crippen molar-refractivity contribution in [3.63, 3.8) is 0 Å². The van der Waals surface area contributed by atoms with Crippen LogP contribution in [-0.4, -0.2) is 25.0 Å². The van der Waals surface area contributed by atoms with Gasteiger partial charge in [-0.25, -0.2) is 4.79 Å². The van der Waals surface area contributed by atoms with Crippen molar-refractivity contribution >= 4 is 23.4 Å². The summed E-state index contributed by atoms with van der Waals surface area (Å²) in [5, 5.41) is 0.367. The minimum absolute atomic E-state index is 0.134. The van der Waals surface area contributed by atoms with E-state index in [4.69, 9.17) is 16.3 Å². The Morgan fingerprint density at radius 1 is 1.28 bits per heavy atom. The molecule has 0 aliphatic rings. The van der Waals surface area contributed by atoms with Gasteiger partial charge >= 0.3 is 5.97 Å². The maximum atomic E-state index is 11.9. The highest BCUT2D eigenvalue weighted by Gasteiger charge is 2.22. The van der Waals surface area contributed by atoms with Crippen molar-refractivity contribution in [2.45, 2.75) is 20.3 Å². The van der Waals surface area contributed by atoms with Crippen LogP contribution in [-0.2, 0) is 9.53 Å². The Balaban J connectivity index is 3.00. The number of esters is 1. The molecule has 0 aliphatic heterocycles. The number of halogens is 1. The molecule has 0 aromatic heterocycles. The van der Waals surface area contributed by atoms with Gasteiger partial charge in [-0.15, -0.1) is 0 Å². The van der Waals surface area contributed by atoms with Crippen molar-refractivity contribution in [2.24, 2.45) is 0 Å². The van der Waals surface area contributed by atoms with E-state index in [1.165, 1.54) is 6.07 Å². The molecule has 1 aromatic carbocycles. The van der Waals surface area contributed by atoms with Crippen molar-refractivity contribution in [1.82, 2.24) is 0 Å². The molecule has 18 heavy (non-hydrogen) atoms. The number of hydrogen-bond acceptors (Lipinski definition) is 4. The summed E-state index contributed by atoms with van der Waals surface area (Å²) in [5.41, 5.74) is 0.134. The second kappa shape index (κ2) is 7.01. The quantitative estimate of drug-likeness (QED) is 0.453. The van der Waals surface area contributed by atoms with Gasteiger partial charge in [0, 0.05) is 5.02 Å². The van der Waals surface area contributed by atoms with Gasteiger partial charge in [-0.1, -0.05) is 18.5 Å². The van der Waals surface area contributed by atoms with Crippen molar-refractivity contribution in [3.8, 4) is 5.75 Å². The van der Waals surface area contributed by atoms with Gasteiger partial charge in [-0.05, 0) is 31.5 Å². The van der Waals surface area contributed by atoms with Crippen molar-refractivity contribution in [3.05, 3.63) is 28.8 Å². The summed E-state index contributed by atoms with van der Waals surface area (Å²) in [6.45, 7) is 4.20. The lowest BCUT2D eigenvalue weighted by molar-refractivity contribution is -0.137. The fourth-order valence-corrected chi connectivity index (χ4v) is 1.50. The van der Waals surface area contributed by atoms with E-state index in [1.54, 1.807) is 19.1 Å². The third-order valence-corrected chi connectivity index (χ3v) is 2.34. The highest BCUT2D eigenvalue weighted by Crippen LogP contribution is 2.24. The molecule has 1 aromatic rings. The van der Waals surface area contributed by atoms with Crippen LogP contribution in [0.15, 0.2) is 18.2 Å². The SMILES string of the molecule is CCCOc1ccc(Cl)cc1C(=O)C(=O)OCC. The first-order valence-electron chi connectivity index (χ1n) is 5.74. The molecule has 0 spiro atoms. The first-order valence-corrected chi connectivity index (χ1v) is 6.11. The molecule has 1 rings (SSSR count). The lowest BCUT2D eigenvalue weighted by Crippen LogP contribution is -2.18. The number of carbonyl (C=O) groups excluding carboxylic acids is 2. The van der Waals surface area contributed by atoms with Crippen molar-refractivity contribution < 1.29 is 19.1 Å². The van der Waals surface area contributed by atoms with E-state index in [1.807, 2.05) is 6.92 Å². The van der Waals surface area contributed by atoms with Crippen molar-refractivity contribution in [2.75, 3.05) is 13.2 Å². The van der Waals surface area contributed by atoms with E-state index < -0.39 is 11.8 Å². The summed E-state index contributed by atoms with van der Waals surface area (Å²) in [4.78, 5) is 23.3. The monoisotopic (exact) mass is 270 g/mol. The summed E-state index contributed by atoms with van der Waals surface area (Å²) < 4.78 is 10.1. The summed E-state index contributed by atoms with van der Waals surface area (Å²) in [6, 6.07) is 4.59. The smallest absolute Gasteiger partial charge is 0.379 e. The van der Waals surface area contributed by atoms with Gasteiger partial charge in [0.1, 0.15) is 5.75 Å². The van der Waals surface area contributed by atoms with Gasteiger partial charge in [-0.3, -0.25) is 4.79 Å². The second-order valence-electron chi connectivity index (χ2n) is 3.54. The average molecular weight is 271 g/mol. The largest absolute Gasteiger partial charge is 0.493 e. The average Bonchev–Trinajstić information content (AvgIpc) is 2.36. The molecule has 0 radical (unpaired) electrons. The standard InChI is InChI=1S/C13H15ClO4/c1-3-7-18-11-6-5-9(14)8-10(11)12(15)13(16)17-4-2/h5-6,8H,3-4,7H2,1-2H3. The molecule has 0 fully saturated rings. The Labute approximate surface area is 111 Å². The highest BCUT2D eigenvalue weighted by atomic mass is 35.5. The summed E-state index contributed by atoms with van der Waals surface area (Å²) >= 11 is 5.82. The van der Waals surface area contributed by atoms with Crippen LogP contribution < -0.4 is 4.74 Å². The van der Waals surface area contributed by atoms with E-state index >= 15 is 0 Å². The number of ketones is 1. The molecular formula is C13H15ClO4. The molecule has 0 aliphatic carbocycles. The van der Waals surface area contributed by atoms with Crippen LogP contribution in [0.5, 0.6) is 5.75 Å². The first kappa shape index (κ1) is 14.5. The normalized spacial score (nSPS) is 9.94. The lowest BCUT2D eigenvalue weighted by atomic mass is 10.1. The molecule has 98 valence electrons. The first-order chi connectivity index (χ1) is 8.60. The summed E-state index contributed by atoms with van der Waals surface area (Å²) in [5.74, 6) is -1.30. The van der Waals surface area contributed by atoms with Gasteiger partial charge in [0.15, 0.2) is 0 Å². The maximum Gasteiger partial charge on any atom is 0.379 e. The zero-order valence-electron chi connectivity index (χ0n) is 10.4. The second-order valence-corrected chi connectivity index (χ2v) is 3.97. The molecule has 0 saturated heterocycles. The van der Waals surface area contributed by atoms with Crippen LogP contribution in [0, 0.1) is 0 Å². The fourth-order valence-electron chi connectivity index (χ4n) is 1.32. The Hall–Kier alpha value is -1.55. The van der Waals surface area contributed by atoms with Gasteiger partial charge < -0.3 is 9.47 Å². The van der Waals surface area contributed by atoms with Crippen LogP contribution in [0.4, 0.5) is 0 Å². The number of hydrogen-bond donors (Lipinski definition) is 0. The number of ether oxygens (including phenoxy) is 2. The molecule has 0 saturated carbocycles. The van der Waals surface area contributed by atoms with Crippen LogP contribution in [0.25, 0.3) is 0 Å². The van der Waals surface area contributed by atoms with Crippen molar-refractivity contribution in [1.29, 1.82) is 0 Å². The van der Waals surface area contributed by atoms with Gasteiger partial charge in [0.05, 0.1) is 18.8 Å². The minimum Gasteiger partial charge on any atom is -0.493 e. The number of benzene rings is 1. The number of rotatable bonds is 6. The summed E-state index contributed by atoms with van der Waals surface area (Å²) in [6.07, 6.45) is 0.801. The molecule has 5 heteroatoms. The fraction of sp³-hybridized carbons (Fsp3) is 0.385. The van der Waals surface area contributed by atoms with Crippen LogP contribution in [0.1, 0.15) is 30.6 Å². The van der Waals surface area contributed by atoms with Gasteiger partial charge in [-0.2, -0.15) is 0 Å². The predicted molar refractivity (Wildman–Crippen MR) is 68.2 cm³/mol. The Kier molecular flexibility index (Phi) is 5.65. The van der Waals surface area contributed by atoms with E-state index in [-0.39, 0.29) is 12.2 Å². The van der Waals surface area contributed by atoms with E-state index in [2.05, 4.69) is 4.74 Å². The van der Waals surface area contributed by atoms with Gasteiger partial charge in [0.2, 0.25) is 0 Å². The van der Waals surface area contributed by atoms with E-state index in [0.29, 0.717) is 17.4 Å². The van der Waals surface area contributed by atoms with E-state index in [0.717, 1.165) is 6.42 Å². The Bertz CT molecular complexity index is 443. The topological polar surface area (TPSA) is 52.6 Å². The zero-order chi connectivity index (χ0) is 13.5. The predicted octanol–water partition coefficient (Wildman–Crippen LogP) is 2.87. The highest BCUT2D eigenvalue weighted by molar-refractivity contribution is 6.42. The Morgan fingerprint density at radius 3 is 2.61 bits per heavy atom. The summed E-state index contributed by atoms with van der Waals surface area (Å²) in [7, 11) is 0. The van der Waals surface area contributed by atoms with E-state index in [9.17, 15) is 9.59 Å². The Morgan fingerprint density at radius 2 is 2.00 bits per heavy atom. The minimum atomic E-state index is -0.902. The number of carbonyl (C=O) groups is 2. The molecular weight excluding hydrogens is 256 g/mol. The van der Waals surface area contributed by atoms with Crippen LogP contribution >= 0.6 is 11.6 Å². The molecule has 0 unspecified atom stereocenters. The third-order valence-electron chi connectivity index (χ3n) is 2.11. The lowest BCUT2D eigenvalue weighted by Gasteiger charge is -2.10. The zero-order valence-corrected chi connectivity index (χ0v) is 11.1. The maximum absolute atomic E-state index is 11.9. The molecule has 0 heterocycles. The number of Topliss-reactive ketones (excluding diaryl/α,β-unsaturated/α-hetero) is 1. The molecule has 0 amide bonds. The third kappa shape index (κ3) is 3.74. The van der Waals surface area contributed by atoms with Crippen LogP contribution in [0.3, 0.4) is 0 Å². The molecule has 0 bridgehead atoms. The molecule has 0 atom stereocenters. The molecule has 4 nitrogen and oxygen atoms in total.